The fourth-order valence-electron chi connectivity index (χ4n) is 2.09. The number of rotatable bonds is 5. The summed E-state index contributed by atoms with van der Waals surface area (Å²) in [4.78, 5) is 10.4. The van der Waals surface area contributed by atoms with E-state index in [1.54, 1.807) is 19.5 Å². The molecule has 4 nitrogen and oxygen atoms in total. The maximum atomic E-state index is 6.08. The van der Waals surface area contributed by atoms with Gasteiger partial charge in [-0.3, -0.25) is 0 Å². The van der Waals surface area contributed by atoms with Gasteiger partial charge in [0.1, 0.15) is 5.75 Å². The third-order valence-electron chi connectivity index (χ3n) is 3.34. The number of anilines is 1. The molecule has 0 spiro atoms. The molecule has 0 aliphatic heterocycles. The topological polar surface area (TPSA) is 38.2 Å². The van der Waals surface area contributed by atoms with Crippen LogP contribution in [0.1, 0.15) is 12.5 Å². The van der Waals surface area contributed by atoms with Gasteiger partial charge in [-0.25, -0.2) is 9.97 Å². The van der Waals surface area contributed by atoms with Crippen molar-refractivity contribution < 1.29 is 4.74 Å². The minimum absolute atomic E-state index is 0.223. The van der Waals surface area contributed by atoms with E-state index in [1.807, 2.05) is 30.1 Å². The van der Waals surface area contributed by atoms with Gasteiger partial charge in [-0.1, -0.05) is 29.8 Å². The number of halogens is 1. The average Bonchev–Trinajstić information content (AvgIpc) is 2.47. The van der Waals surface area contributed by atoms with Crippen molar-refractivity contribution in [3.8, 4) is 5.75 Å². The molecule has 0 radical (unpaired) electrons. The zero-order chi connectivity index (χ0) is 14.5. The third kappa shape index (κ3) is 3.20. The van der Waals surface area contributed by atoms with Crippen molar-refractivity contribution >= 4 is 17.4 Å². The number of ether oxygens (including phenoxy) is 1. The predicted octanol–water partition coefficient (Wildman–Crippen LogP) is 3.21. The summed E-state index contributed by atoms with van der Waals surface area (Å²) in [5, 5.41) is 0.418. The lowest BCUT2D eigenvalue weighted by Crippen LogP contribution is -2.31. The van der Waals surface area contributed by atoms with Gasteiger partial charge in [-0.05, 0) is 25.0 Å². The van der Waals surface area contributed by atoms with Gasteiger partial charge in [0.05, 0.1) is 7.11 Å². The average molecular weight is 292 g/mol. The molecular formula is C15H18ClN3O. The maximum Gasteiger partial charge on any atom is 0.171 e. The first kappa shape index (κ1) is 14.6. The Morgan fingerprint density at radius 2 is 1.95 bits per heavy atom. The number of hydrogen-bond acceptors (Lipinski definition) is 4. The van der Waals surface area contributed by atoms with E-state index in [1.165, 1.54) is 0 Å². The normalized spacial score (nSPS) is 12.0. The van der Waals surface area contributed by atoms with Crippen molar-refractivity contribution in [2.24, 2.45) is 0 Å². The van der Waals surface area contributed by atoms with Crippen LogP contribution in [0.5, 0.6) is 5.75 Å². The Kier molecular flexibility index (Phi) is 4.79. The minimum Gasteiger partial charge on any atom is -0.496 e. The molecule has 1 atom stereocenters. The Labute approximate surface area is 124 Å². The molecule has 0 fully saturated rings. The van der Waals surface area contributed by atoms with Crippen LogP contribution in [0.2, 0.25) is 5.15 Å². The molecule has 0 saturated heterocycles. The molecule has 1 unspecified atom stereocenters. The summed E-state index contributed by atoms with van der Waals surface area (Å²) in [7, 11) is 3.66. The van der Waals surface area contributed by atoms with Gasteiger partial charge in [0.15, 0.2) is 11.0 Å². The molecule has 106 valence electrons. The zero-order valence-electron chi connectivity index (χ0n) is 11.9. The van der Waals surface area contributed by atoms with E-state index in [-0.39, 0.29) is 6.04 Å². The molecule has 20 heavy (non-hydrogen) atoms. The van der Waals surface area contributed by atoms with E-state index in [2.05, 4.69) is 23.0 Å². The lowest BCUT2D eigenvalue weighted by atomic mass is 10.1. The molecule has 0 aliphatic carbocycles. The van der Waals surface area contributed by atoms with Crippen LogP contribution in [0.25, 0.3) is 0 Å². The Morgan fingerprint density at radius 1 is 1.25 bits per heavy atom. The minimum atomic E-state index is 0.223. The summed E-state index contributed by atoms with van der Waals surface area (Å²) in [6.07, 6.45) is 4.07. The quantitative estimate of drug-likeness (QED) is 0.848. The Bertz CT molecular complexity index is 577. The molecule has 0 amide bonds. The number of likely N-dealkylation sites (N-methyl/N-ethyl adjacent to an activating group) is 1. The first-order valence-corrected chi connectivity index (χ1v) is 6.82. The molecule has 1 aromatic heterocycles. The number of benzene rings is 1. The van der Waals surface area contributed by atoms with E-state index < -0.39 is 0 Å². The van der Waals surface area contributed by atoms with Crippen molar-refractivity contribution in [3.63, 3.8) is 0 Å². The van der Waals surface area contributed by atoms with Crippen molar-refractivity contribution in [3.05, 3.63) is 47.4 Å². The maximum absolute atomic E-state index is 6.08. The first-order valence-electron chi connectivity index (χ1n) is 6.44. The second-order valence-electron chi connectivity index (χ2n) is 4.65. The summed E-state index contributed by atoms with van der Waals surface area (Å²) in [5.41, 5.74) is 1.16. The molecule has 0 bridgehead atoms. The number of aromatic nitrogens is 2. The van der Waals surface area contributed by atoms with Crippen LogP contribution < -0.4 is 9.64 Å². The van der Waals surface area contributed by atoms with E-state index >= 15 is 0 Å². The molecule has 0 aliphatic rings. The van der Waals surface area contributed by atoms with Crippen LogP contribution in [0.4, 0.5) is 5.82 Å². The van der Waals surface area contributed by atoms with E-state index in [0.29, 0.717) is 11.0 Å². The van der Waals surface area contributed by atoms with E-state index in [0.717, 1.165) is 17.7 Å². The van der Waals surface area contributed by atoms with Crippen LogP contribution >= 0.6 is 11.6 Å². The van der Waals surface area contributed by atoms with Gasteiger partial charge < -0.3 is 9.64 Å². The smallest absolute Gasteiger partial charge is 0.171 e. The molecule has 1 heterocycles. The highest BCUT2D eigenvalue weighted by atomic mass is 35.5. The summed E-state index contributed by atoms with van der Waals surface area (Å²) >= 11 is 6.08. The van der Waals surface area contributed by atoms with Crippen molar-refractivity contribution in [1.29, 1.82) is 0 Å². The summed E-state index contributed by atoms with van der Waals surface area (Å²) < 4.78 is 5.38. The summed E-state index contributed by atoms with van der Waals surface area (Å²) in [6.45, 7) is 2.12. The van der Waals surface area contributed by atoms with E-state index in [4.69, 9.17) is 16.3 Å². The SMILES string of the molecule is COc1ccccc1CC(C)N(C)c1nccnc1Cl. The number of hydrogen-bond donors (Lipinski definition) is 0. The van der Waals surface area contributed by atoms with Crippen LogP contribution in [-0.4, -0.2) is 30.2 Å². The molecule has 2 aromatic rings. The van der Waals surface area contributed by atoms with Gasteiger partial charge in [-0.15, -0.1) is 0 Å². The highest BCUT2D eigenvalue weighted by molar-refractivity contribution is 6.31. The zero-order valence-corrected chi connectivity index (χ0v) is 12.6. The van der Waals surface area contributed by atoms with Crippen LogP contribution in [0, 0.1) is 0 Å². The van der Waals surface area contributed by atoms with Gasteiger partial charge in [0.25, 0.3) is 0 Å². The summed E-state index contributed by atoms with van der Waals surface area (Å²) in [5.74, 6) is 1.59. The van der Waals surface area contributed by atoms with E-state index in [9.17, 15) is 0 Å². The van der Waals surface area contributed by atoms with Crippen molar-refractivity contribution in [1.82, 2.24) is 9.97 Å². The molecule has 1 aromatic carbocycles. The largest absolute Gasteiger partial charge is 0.496 e. The van der Waals surface area contributed by atoms with Gasteiger partial charge in [0.2, 0.25) is 0 Å². The lowest BCUT2D eigenvalue weighted by molar-refractivity contribution is 0.408. The molecular weight excluding hydrogens is 274 g/mol. The highest BCUT2D eigenvalue weighted by Crippen LogP contribution is 2.24. The monoisotopic (exact) mass is 291 g/mol. The van der Waals surface area contributed by atoms with Crippen LogP contribution in [0.3, 0.4) is 0 Å². The number of para-hydroxylation sites is 1. The third-order valence-corrected chi connectivity index (χ3v) is 3.61. The van der Waals surface area contributed by atoms with Gasteiger partial charge >= 0.3 is 0 Å². The van der Waals surface area contributed by atoms with Crippen LogP contribution in [0.15, 0.2) is 36.7 Å². The highest BCUT2D eigenvalue weighted by Gasteiger charge is 2.16. The molecule has 5 heteroatoms. The molecule has 0 saturated carbocycles. The predicted molar refractivity (Wildman–Crippen MR) is 81.6 cm³/mol. The number of methoxy groups -OCH3 is 1. The fraction of sp³-hybridized carbons (Fsp3) is 0.333. The van der Waals surface area contributed by atoms with Crippen molar-refractivity contribution in [2.75, 3.05) is 19.1 Å². The lowest BCUT2D eigenvalue weighted by Gasteiger charge is -2.26. The Morgan fingerprint density at radius 3 is 2.65 bits per heavy atom. The van der Waals surface area contributed by atoms with Crippen molar-refractivity contribution in [2.45, 2.75) is 19.4 Å². The summed E-state index contributed by atoms with van der Waals surface area (Å²) in [6, 6.07) is 8.25. The number of nitrogens with zero attached hydrogens (tertiary/aromatic N) is 3. The second kappa shape index (κ2) is 6.57. The van der Waals surface area contributed by atoms with Gasteiger partial charge in [0, 0.05) is 25.5 Å². The molecule has 2 rings (SSSR count). The molecule has 0 N–H and O–H groups in total. The Balaban J connectivity index is 2.16. The standard InChI is InChI=1S/C15H18ClN3O/c1-11(10-12-6-4-5-7-13(12)20-3)19(2)15-14(16)17-8-9-18-15/h4-9,11H,10H2,1-3H3. The van der Waals surface area contributed by atoms with Gasteiger partial charge in [-0.2, -0.15) is 0 Å². The fourth-order valence-corrected chi connectivity index (χ4v) is 2.32. The second-order valence-corrected chi connectivity index (χ2v) is 5.00. The first-order chi connectivity index (χ1) is 9.63. The van der Waals surface area contributed by atoms with Crippen LogP contribution in [-0.2, 0) is 6.42 Å². The Hall–Kier alpha value is -1.81.